The Labute approximate surface area is 130 Å². The zero-order valence-corrected chi connectivity index (χ0v) is 13.8. The quantitative estimate of drug-likeness (QED) is 0.723. The highest BCUT2D eigenvalue weighted by Gasteiger charge is 2.26. The minimum absolute atomic E-state index is 0. The van der Waals surface area contributed by atoms with Crippen LogP contribution in [0.15, 0.2) is 21.6 Å². The number of halogens is 1. The molecule has 3 N–H and O–H groups in total. The first-order valence-electron chi connectivity index (χ1n) is 6.24. The van der Waals surface area contributed by atoms with Gasteiger partial charge in [-0.05, 0) is 25.0 Å². The van der Waals surface area contributed by atoms with Crippen LogP contribution in [0, 0.1) is 0 Å². The maximum absolute atomic E-state index is 12.0. The van der Waals surface area contributed by atoms with Crippen molar-refractivity contribution < 1.29 is 22.4 Å². The van der Waals surface area contributed by atoms with Gasteiger partial charge in [-0.15, -0.1) is 12.4 Å². The number of furan rings is 1. The predicted molar refractivity (Wildman–Crippen MR) is 80.0 cm³/mol. The van der Waals surface area contributed by atoms with E-state index < -0.39 is 21.5 Å². The van der Waals surface area contributed by atoms with Crippen LogP contribution in [-0.4, -0.2) is 33.6 Å². The first-order chi connectivity index (χ1) is 9.28. The van der Waals surface area contributed by atoms with Crippen molar-refractivity contribution >= 4 is 28.4 Å². The zero-order valence-electron chi connectivity index (χ0n) is 12.2. The highest BCUT2D eigenvalue weighted by atomic mass is 35.5. The van der Waals surface area contributed by atoms with Gasteiger partial charge in [-0.25, -0.2) is 17.9 Å². The molecule has 0 bridgehead atoms. The molecule has 0 fully saturated rings. The van der Waals surface area contributed by atoms with Crippen LogP contribution in [0.25, 0.3) is 0 Å². The Morgan fingerprint density at radius 2 is 1.95 bits per heavy atom. The lowest BCUT2D eigenvalue weighted by molar-refractivity contribution is 0.0559. The fraction of sp³-hybridized carbons (Fsp3) is 0.583. The van der Waals surface area contributed by atoms with Crippen LogP contribution in [0.4, 0.5) is 0 Å². The Kier molecular flexibility index (Phi) is 7.38. The van der Waals surface area contributed by atoms with Gasteiger partial charge in [0.15, 0.2) is 0 Å². The Hall–Kier alpha value is -1.09. The second kappa shape index (κ2) is 7.79. The van der Waals surface area contributed by atoms with Crippen LogP contribution >= 0.6 is 12.4 Å². The highest BCUT2D eigenvalue weighted by Crippen LogP contribution is 2.16. The highest BCUT2D eigenvalue weighted by molar-refractivity contribution is 7.89. The Balaban J connectivity index is 0.00000400. The fourth-order valence-corrected chi connectivity index (χ4v) is 2.55. The lowest BCUT2D eigenvalue weighted by atomic mass is 9.95. The van der Waals surface area contributed by atoms with E-state index in [0.29, 0.717) is 12.8 Å². The summed E-state index contributed by atoms with van der Waals surface area (Å²) in [5.74, 6) is -0.903. The first-order valence-corrected chi connectivity index (χ1v) is 7.73. The molecule has 21 heavy (non-hydrogen) atoms. The second-order valence-corrected chi connectivity index (χ2v) is 6.20. The Morgan fingerprint density at radius 3 is 2.43 bits per heavy atom. The molecule has 0 spiro atoms. The van der Waals surface area contributed by atoms with Gasteiger partial charge in [0.25, 0.3) is 10.0 Å². The van der Waals surface area contributed by atoms with Crippen LogP contribution in [0.5, 0.6) is 0 Å². The van der Waals surface area contributed by atoms with Gasteiger partial charge >= 0.3 is 5.97 Å². The van der Waals surface area contributed by atoms with Crippen LogP contribution in [0.1, 0.15) is 37.2 Å². The van der Waals surface area contributed by atoms with Gasteiger partial charge in [0.1, 0.15) is 0 Å². The van der Waals surface area contributed by atoms with E-state index in [1.165, 1.54) is 19.2 Å². The molecule has 0 aliphatic carbocycles. The summed E-state index contributed by atoms with van der Waals surface area (Å²) in [5.41, 5.74) is 5.42. The van der Waals surface area contributed by atoms with Crippen LogP contribution in [0.3, 0.4) is 0 Å². The van der Waals surface area contributed by atoms with Crippen molar-refractivity contribution in [3.05, 3.63) is 17.9 Å². The van der Waals surface area contributed by atoms with E-state index in [-0.39, 0.29) is 29.8 Å². The number of sulfonamides is 1. The lowest BCUT2D eigenvalue weighted by Crippen LogP contribution is -2.49. The van der Waals surface area contributed by atoms with E-state index >= 15 is 0 Å². The van der Waals surface area contributed by atoms with Gasteiger partial charge in [-0.2, -0.15) is 0 Å². The van der Waals surface area contributed by atoms with Gasteiger partial charge in [0.2, 0.25) is 10.9 Å². The van der Waals surface area contributed by atoms with Crippen molar-refractivity contribution in [1.29, 1.82) is 0 Å². The van der Waals surface area contributed by atoms with Crippen molar-refractivity contribution in [2.75, 3.05) is 13.7 Å². The summed E-state index contributed by atoms with van der Waals surface area (Å²) in [5, 5.41) is -0.340. The van der Waals surface area contributed by atoms with E-state index in [1.54, 1.807) is 0 Å². The monoisotopic (exact) mass is 340 g/mol. The van der Waals surface area contributed by atoms with E-state index in [4.69, 9.17) is 10.2 Å². The molecule has 0 aliphatic heterocycles. The Bertz CT molecular complexity index is 566. The van der Waals surface area contributed by atoms with Gasteiger partial charge < -0.3 is 14.9 Å². The molecule has 9 heteroatoms. The summed E-state index contributed by atoms with van der Waals surface area (Å²) < 4.78 is 35.8. The topological polar surface area (TPSA) is 112 Å². The summed E-state index contributed by atoms with van der Waals surface area (Å²) in [4.78, 5) is 11.2. The van der Waals surface area contributed by atoms with Gasteiger partial charge in [0.05, 0.1) is 7.11 Å². The first kappa shape index (κ1) is 19.9. The standard InChI is InChI=1S/C12H20N2O5S.ClH/c1-4-12(13,5-2)8-14-20(16,17)10-7-6-9(19-10)11(15)18-3;/h6-7,14H,4-5,8,13H2,1-3H3;1H. The lowest BCUT2D eigenvalue weighted by Gasteiger charge is -2.26. The smallest absolute Gasteiger partial charge is 0.374 e. The average molecular weight is 341 g/mol. The molecule has 1 aromatic heterocycles. The largest absolute Gasteiger partial charge is 0.463 e. The number of ether oxygens (including phenoxy) is 1. The van der Waals surface area contributed by atoms with Crippen molar-refractivity contribution in [3.8, 4) is 0 Å². The van der Waals surface area contributed by atoms with Crippen molar-refractivity contribution in [2.24, 2.45) is 5.73 Å². The molecule has 0 atom stereocenters. The number of nitrogens with two attached hydrogens (primary N) is 1. The molecule has 1 rings (SSSR count). The molecule has 0 saturated carbocycles. The van der Waals surface area contributed by atoms with Gasteiger partial charge in [0, 0.05) is 12.1 Å². The molecule has 0 aromatic carbocycles. The van der Waals surface area contributed by atoms with Crippen LogP contribution < -0.4 is 10.5 Å². The Morgan fingerprint density at radius 1 is 1.38 bits per heavy atom. The molecule has 7 nitrogen and oxygen atoms in total. The molecule has 1 heterocycles. The molecule has 0 aliphatic rings. The minimum Gasteiger partial charge on any atom is -0.463 e. The molecule has 0 unspecified atom stereocenters. The number of esters is 1. The number of hydrogen-bond acceptors (Lipinski definition) is 6. The number of methoxy groups -OCH3 is 1. The van der Waals surface area contributed by atoms with E-state index in [1.807, 2.05) is 13.8 Å². The van der Waals surface area contributed by atoms with Gasteiger partial charge in [-0.1, -0.05) is 13.8 Å². The zero-order chi connectivity index (χ0) is 15.4. The molecule has 122 valence electrons. The number of carbonyl (C=O) groups is 1. The van der Waals surface area contributed by atoms with E-state index in [9.17, 15) is 13.2 Å². The third-order valence-electron chi connectivity index (χ3n) is 3.26. The number of hydrogen-bond donors (Lipinski definition) is 2. The summed E-state index contributed by atoms with van der Waals surface area (Å²) in [6.45, 7) is 3.87. The average Bonchev–Trinajstić information content (AvgIpc) is 2.94. The van der Waals surface area contributed by atoms with Crippen LogP contribution in [0.2, 0.25) is 0 Å². The summed E-state index contributed by atoms with van der Waals surface area (Å²) in [7, 11) is -2.66. The normalized spacial score (nSPS) is 11.8. The minimum atomic E-state index is -3.84. The van der Waals surface area contributed by atoms with E-state index in [0.717, 1.165) is 0 Å². The SMILES string of the molecule is CCC(N)(CC)CNS(=O)(=O)c1ccc(C(=O)OC)o1.Cl. The molecule has 0 radical (unpaired) electrons. The number of carbonyl (C=O) groups excluding carboxylic acids is 1. The number of nitrogens with one attached hydrogen (secondary N) is 1. The summed E-state index contributed by atoms with van der Waals surface area (Å²) in [6.07, 6.45) is 1.27. The third-order valence-corrected chi connectivity index (χ3v) is 4.53. The van der Waals surface area contributed by atoms with Crippen LogP contribution in [-0.2, 0) is 14.8 Å². The fourth-order valence-electron chi connectivity index (χ4n) is 1.48. The molecule has 1 aromatic rings. The van der Waals surface area contributed by atoms with Crippen molar-refractivity contribution in [3.63, 3.8) is 0 Å². The molecule has 0 amide bonds. The third kappa shape index (κ3) is 4.99. The van der Waals surface area contributed by atoms with Gasteiger partial charge in [-0.3, -0.25) is 0 Å². The summed E-state index contributed by atoms with van der Waals surface area (Å²) >= 11 is 0. The molecule has 0 saturated heterocycles. The summed E-state index contributed by atoms with van der Waals surface area (Å²) in [6, 6.07) is 2.44. The predicted octanol–water partition coefficient (Wildman–Crippen LogP) is 1.28. The molecular weight excluding hydrogens is 320 g/mol. The maximum Gasteiger partial charge on any atom is 0.374 e. The number of rotatable bonds is 7. The van der Waals surface area contributed by atoms with Crippen molar-refractivity contribution in [1.82, 2.24) is 4.72 Å². The van der Waals surface area contributed by atoms with Crippen molar-refractivity contribution in [2.45, 2.75) is 37.3 Å². The second-order valence-electron chi connectivity index (χ2n) is 4.50. The van der Waals surface area contributed by atoms with E-state index in [2.05, 4.69) is 9.46 Å². The maximum atomic E-state index is 12.0. The molecular formula is C12H21ClN2O5S.